The molecule has 0 fully saturated rings. The second-order valence-electron chi connectivity index (χ2n) is 5.18. The lowest BCUT2D eigenvalue weighted by Gasteiger charge is -2.26. The predicted octanol–water partition coefficient (Wildman–Crippen LogP) is 1.92. The Kier molecular flexibility index (Phi) is 5.42. The second kappa shape index (κ2) is 6.45. The number of rotatable bonds is 7. The predicted molar refractivity (Wildman–Crippen MR) is 80.0 cm³/mol. The summed E-state index contributed by atoms with van der Waals surface area (Å²) in [6, 6.07) is 5.62. The third-order valence-corrected chi connectivity index (χ3v) is 4.62. The second-order valence-corrected chi connectivity index (χ2v) is 7.27. The maximum atomic E-state index is 11.5. The van der Waals surface area contributed by atoms with Crippen molar-refractivity contribution in [2.75, 3.05) is 26.5 Å². The molecule has 6 heteroatoms. The molecule has 0 atom stereocenters. The fourth-order valence-electron chi connectivity index (χ4n) is 1.75. The summed E-state index contributed by atoms with van der Waals surface area (Å²) >= 11 is 0. The molecule has 0 spiro atoms. The normalized spacial score (nSPS) is 12.2. The zero-order valence-corrected chi connectivity index (χ0v) is 13.5. The Hall–Kier alpha value is -1.27. The standard InChI is InChI=1S/C14H23NO4S/c1-6-20(16,17)15-10-14(2,3)11-7-8-12(18-4)13(9-11)19-5/h7-9,15H,6,10H2,1-5H3. The molecule has 0 radical (unpaired) electrons. The highest BCUT2D eigenvalue weighted by Gasteiger charge is 2.24. The zero-order chi connectivity index (χ0) is 15.4. The highest BCUT2D eigenvalue weighted by Crippen LogP contribution is 2.32. The molecular weight excluding hydrogens is 278 g/mol. The number of hydrogen-bond donors (Lipinski definition) is 1. The van der Waals surface area contributed by atoms with E-state index >= 15 is 0 Å². The van der Waals surface area contributed by atoms with E-state index in [2.05, 4.69) is 4.72 Å². The number of nitrogens with one attached hydrogen (secondary N) is 1. The van der Waals surface area contributed by atoms with Gasteiger partial charge in [0.15, 0.2) is 11.5 Å². The average molecular weight is 301 g/mol. The largest absolute Gasteiger partial charge is 0.493 e. The van der Waals surface area contributed by atoms with Crippen LogP contribution in [0, 0.1) is 0 Å². The molecule has 0 heterocycles. The number of methoxy groups -OCH3 is 2. The van der Waals surface area contributed by atoms with E-state index in [-0.39, 0.29) is 11.2 Å². The molecule has 0 aromatic heterocycles. The number of benzene rings is 1. The van der Waals surface area contributed by atoms with Crippen LogP contribution in [-0.2, 0) is 15.4 Å². The SMILES string of the molecule is CCS(=O)(=O)NCC(C)(C)c1ccc(OC)c(OC)c1. The van der Waals surface area contributed by atoms with Crippen LogP contribution in [0.4, 0.5) is 0 Å². The minimum atomic E-state index is -3.20. The van der Waals surface area contributed by atoms with Crippen LogP contribution in [0.15, 0.2) is 18.2 Å². The summed E-state index contributed by atoms with van der Waals surface area (Å²) in [5.74, 6) is 1.37. The Morgan fingerprint density at radius 1 is 1.15 bits per heavy atom. The summed E-state index contributed by atoms with van der Waals surface area (Å²) in [7, 11) is -0.0359. The van der Waals surface area contributed by atoms with E-state index in [1.54, 1.807) is 21.1 Å². The lowest BCUT2D eigenvalue weighted by atomic mass is 9.85. The van der Waals surface area contributed by atoms with Gasteiger partial charge in [-0.2, -0.15) is 0 Å². The Bertz CT molecular complexity index is 552. The van der Waals surface area contributed by atoms with Crippen LogP contribution >= 0.6 is 0 Å². The van der Waals surface area contributed by atoms with Crippen molar-refractivity contribution in [2.45, 2.75) is 26.2 Å². The van der Waals surface area contributed by atoms with Gasteiger partial charge in [-0.25, -0.2) is 13.1 Å². The minimum absolute atomic E-state index is 0.0784. The fourth-order valence-corrected chi connectivity index (χ4v) is 2.54. The maximum Gasteiger partial charge on any atom is 0.211 e. The quantitative estimate of drug-likeness (QED) is 0.835. The first-order valence-electron chi connectivity index (χ1n) is 6.45. The van der Waals surface area contributed by atoms with Gasteiger partial charge in [-0.15, -0.1) is 0 Å². The number of hydrogen-bond acceptors (Lipinski definition) is 4. The first-order chi connectivity index (χ1) is 9.25. The van der Waals surface area contributed by atoms with Crippen molar-refractivity contribution in [2.24, 2.45) is 0 Å². The van der Waals surface area contributed by atoms with Gasteiger partial charge >= 0.3 is 0 Å². The molecule has 0 bridgehead atoms. The average Bonchev–Trinajstić information content (AvgIpc) is 2.44. The Morgan fingerprint density at radius 3 is 2.25 bits per heavy atom. The van der Waals surface area contributed by atoms with Crippen LogP contribution in [-0.4, -0.2) is 34.9 Å². The maximum absolute atomic E-state index is 11.5. The van der Waals surface area contributed by atoms with Crippen molar-refractivity contribution in [1.29, 1.82) is 0 Å². The van der Waals surface area contributed by atoms with E-state index in [0.29, 0.717) is 18.0 Å². The van der Waals surface area contributed by atoms with Gasteiger partial charge in [-0.1, -0.05) is 19.9 Å². The van der Waals surface area contributed by atoms with E-state index in [1.165, 1.54) is 0 Å². The van der Waals surface area contributed by atoms with Crippen LogP contribution in [0.5, 0.6) is 11.5 Å². The van der Waals surface area contributed by atoms with E-state index in [1.807, 2.05) is 32.0 Å². The van der Waals surface area contributed by atoms with Crippen molar-refractivity contribution >= 4 is 10.0 Å². The van der Waals surface area contributed by atoms with Gasteiger partial charge in [0, 0.05) is 12.0 Å². The monoisotopic (exact) mass is 301 g/mol. The van der Waals surface area contributed by atoms with E-state index < -0.39 is 10.0 Å². The molecule has 5 nitrogen and oxygen atoms in total. The van der Waals surface area contributed by atoms with Crippen molar-refractivity contribution in [3.8, 4) is 11.5 Å². The molecule has 0 amide bonds. The fraction of sp³-hybridized carbons (Fsp3) is 0.571. The van der Waals surface area contributed by atoms with Crippen molar-refractivity contribution in [3.05, 3.63) is 23.8 Å². The topological polar surface area (TPSA) is 64.6 Å². The van der Waals surface area contributed by atoms with Crippen LogP contribution in [0.1, 0.15) is 26.3 Å². The molecule has 0 saturated heterocycles. The highest BCUT2D eigenvalue weighted by atomic mass is 32.2. The molecule has 1 rings (SSSR count). The van der Waals surface area contributed by atoms with Crippen molar-refractivity contribution < 1.29 is 17.9 Å². The molecule has 0 unspecified atom stereocenters. The highest BCUT2D eigenvalue weighted by molar-refractivity contribution is 7.89. The molecule has 1 aromatic rings. The summed E-state index contributed by atoms with van der Waals surface area (Å²) in [5.41, 5.74) is 0.635. The molecule has 114 valence electrons. The first kappa shape index (κ1) is 16.8. The third-order valence-electron chi connectivity index (χ3n) is 3.28. The van der Waals surface area contributed by atoms with E-state index in [9.17, 15) is 8.42 Å². The Labute approximate surface area is 121 Å². The van der Waals surface area contributed by atoms with Gasteiger partial charge in [-0.3, -0.25) is 0 Å². The lowest BCUT2D eigenvalue weighted by molar-refractivity contribution is 0.353. The smallest absolute Gasteiger partial charge is 0.211 e. The van der Waals surface area contributed by atoms with Gasteiger partial charge < -0.3 is 9.47 Å². The zero-order valence-electron chi connectivity index (χ0n) is 12.7. The lowest BCUT2D eigenvalue weighted by Crippen LogP contribution is -2.37. The minimum Gasteiger partial charge on any atom is -0.493 e. The van der Waals surface area contributed by atoms with Gasteiger partial charge in [0.2, 0.25) is 10.0 Å². The third kappa shape index (κ3) is 4.11. The summed E-state index contributed by atoms with van der Waals surface area (Å²) in [5, 5.41) is 0. The van der Waals surface area contributed by atoms with Crippen LogP contribution < -0.4 is 14.2 Å². The van der Waals surface area contributed by atoms with Crippen LogP contribution in [0.3, 0.4) is 0 Å². The van der Waals surface area contributed by atoms with Gasteiger partial charge in [-0.05, 0) is 24.6 Å². The summed E-state index contributed by atoms with van der Waals surface area (Å²) in [4.78, 5) is 0. The molecule has 0 saturated carbocycles. The molecule has 0 aliphatic carbocycles. The van der Waals surface area contributed by atoms with Crippen LogP contribution in [0.25, 0.3) is 0 Å². The summed E-state index contributed by atoms with van der Waals surface area (Å²) in [6.45, 7) is 5.91. The molecule has 1 aromatic carbocycles. The molecule has 0 aliphatic rings. The summed E-state index contributed by atoms with van der Waals surface area (Å²) in [6.07, 6.45) is 0. The van der Waals surface area contributed by atoms with Crippen molar-refractivity contribution in [1.82, 2.24) is 4.72 Å². The van der Waals surface area contributed by atoms with Gasteiger partial charge in [0.25, 0.3) is 0 Å². The van der Waals surface area contributed by atoms with Gasteiger partial charge in [0.05, 0.1) is 20.0 Å². The molecule has 20 heavy (non-hydrogen) atoms. The first-order valence-corrected chi connectivity index (χ1v) is 8.11. The summed E-state index contributed by atoms with van der Waals surface area (Å²) < 4.78 is 36.2. The number of ether oxygens (including phenoxy) is 2. The number of sulfonamides is 1. The van der Waals surface area contributed by atoms with E-state index in [4.69, 9.17) is 9.47 Å². The van der Waals surface area contributed by atoms with E-state index in [0.717, 1.165) is 5.56 Å². The molecule has 0 aliphatic heterocycles. The van der Waals surface area contributed by atoms with Crippen LogP contribution in [0.2, 0.25) is 0 Å². The van der Waals surface area contributed by atoms with Gasteiger partial charge in [0.1, 0.15) is 0 Å². The molecular formula is C14H23NO4S. The Balaban J connectivity index is 2.97. The molecule has 1 N–H and O–H groups in total. The Morgan fingerprint density at radius 2 is 1.75 bits per heavy atom. The van der Waals surface area contributed by atoms with Crippen molar-refractivity contribution in [3.63, 3.8) is 0 Å².